The molecule has 2 unspecified atom stereocenters. The first-order chi connectivity index (χ1) is 9.17. The van der Waals surface area contributed by atoms with Gasteiger partial charge in [-0.3, -0.25) is 0 Å². The number of unbranched alkanes of at least 4 members (excludes halogenated alkanes) is 4. The van der Waals surface area contributed by atoms with Gasteiger partial charge in [0.15, 0.2) is 0 Å². The molecule has 0 aliphatic rings. The molecule has 0 saturated carbocycles. The van der Waals surface area contributed by atoms with Gasteiger partial charge in [-0.2, -0.15) is 5.26 Å². The Morgan fingerprint density at radius 1 is 0.947 bits per heavy atom. The summed E-state index contributed by atoms with van der Waals surface area (Å²) in [6, 6.07) is 2.29. The Morgan fingerprint density at radius 2 is 1.42 bits per heavy atom. The second-order valence-electron chi connectivity index (χ2n) is 5.30. The van der Waals surface area contributed by atoms with E-state index in [4.69, 9.17) is 14.6 Å². The molecule has 0 fully saturated rings. The number of hydrogen-bond acceptors (Lipinski definition) is 3. The molecule has 0 heterocycles. The summed E-state index contributed by atoms with van der Waals surface area (Å²) in [6.07, 6.45) is 6.89. The van der Waals surface area contributed by atoms with Crippen LogP contribution in [0.1, 0.15) is 66.2 Å². The van der Waals surface area contributed by atoms with Crippen LogP contribution in [0.15, 0.2) is 0 Å². The zero-order chi connectivity index (χ0) is 14.5. The van der Waals surface area contributed by atoms with Crippen LogP contribution in [0.25, 0.3) is 0 Å². The van der Waals surface area contributed by atoms with Crippen LogP contribution in [0.2, 0.25) is 5.82 Å². The van der Waals surface area contributed by atoms with Gasteiger partial charge in [0, 0.05) is 24.9 Å². The number of rotatable bonds is 12. The molecule has 0 aliphatic carbocycles. The molecule has 19 heavy (non-hydrogen) atoms. The Morgan fingerprint density at radius 3 is 1.79 bits per heavy atom. The quantitative estimate of drug-likeness (QED) is 0.388. The monoisotopic (exact) mass is 267 g/mol. The first-order valence-electron chi connectivity index (χ1n) is 7.80. The van der Waals surface area contributed by atoms with Crippen LogP contribution in [-0.4, -0.2) is 20.3 Å². The topological polar surface area (TPSA) is 42.2 Å². The standard InChI is InChI=1S/C15H30BNO2/c1-5-7-9-11-18-16(15(4)14(3)13-17)19-12-10-8-6-2/h14-15H,5-12H2,1-4H3. The third-order valence-corrected chi connectivity index (χ3v) is 3.48. The maximum absolute atomic E-state index is 9.01. The molecule has 0 aromatic heterocycles. The van der Waals surface area contributed by atoms with Gasteiger partial charge in [-0.05, 0) is 19.8 Å². The molecule has 0 aliphatic heterocycles. The highest BCUT2D eigenvalue weighted by atomic mass is 16.6. The molecule has 0 saturated heterocycles. The normalized spacial score (nSPS) is 13.8. The smallest absolute Gasteiger partial charge is 0.411 e. The Balaban J connectivity index is 4.10. The maximum atomic E-state index is 9.01. The molecule has 0 bridgehead atoms. The molecule has 2 atom stereocenters. The fraction of sp³-hybridized carbons (Fsp3) is 0.933. The second kappa shape index (κ2) is 12.5. The minimum atomic E-state index is -0.233. The summed E-state index contributed by atoms with van der Waals surface area (Å²) < 4.78 is 11.7. The van der Waals surface area contributed by atoms with Crippen molar-refractivity contribution in [1.82, 2.24) is 0 Å². The van der Waals surface area contributed by atoms with Crippen LogP contribution in [-0.2, 0) is 9.31 Å². The van der Waals surface area contributed by atoms with E-state index in [0.717, 1.165) is 26.1 Å². The fourth-order valence-corrected chi connectivity index (χ4v) is 1.81. The average molecular weight is 267 g/mol. The average Bonchev–Trinajstić information content (AvgIpc) is 2.44. The van der Waals surface area contributed by atoms with Gasteiger partial charge in [0.25, 0.3) is 0 Å². The molecule has 0 aromatic carbocycles. The Bertz CT molecular complexity index is 231. The summed E-state index contributed by atoms with van der Waals surface area (Å²) in [4.78, 5) is 0. The molecule has 0 radical (unpaired) electrons. The van der Waals surface area contributed by atoms with Crippen molar-refractivity contribution in [3.05, 3.63) is 0 Å². The molecule has 0 N–H and O–H groups in total. The highest BCUT2D eigenvalue weighted by molar-refractivity contribution is 6.46. The van der Waals surface area contributed by atoms with Gasteiger partial charge in [-0.15, -0.1) is 0 Å². The molecule has 110 valence electrons. The van der Waals surface area contributed by atoms with E-state index in [0.29, 0.717) is 0 Å². The second-order valence-corrected chi connectivity index (χ2v) is 5.30. The lowest BCUT2D eigenvalue weighted by molar-refractivity contribution is 0.179. The first kappa shape index (κ1) is 18.5. The zero-order valence-electron chi connectivity index (χ0n) is 13.2. The molecule has 0 aromatic rings. The van der Waals surface area contributed by atoms with Crippen molar-refractivity contribution in [3.63, 3.8) is 0 Å². The van der Waals surface area contributed by atoms with E-state index in [2.05, 4.69) is 19.9 Å². The van der Waals surface area contributed by atoms with Crippen LogP contribution in [0.4, 0.5) is 0 Å². The van der Waals surface area contributed by atoms with Gasteiger partial charge >= 0.3 is 7.12 Å². The summed E-state index contributed by atoms with van der Waals surface area (Å²) in [5.74, 6) is 0.0793. The van der Waals surface area contributed by atoms with Crippen LogP contribution in [0.3, 0.4) is 0 Å². The van der Waals surface area contributed by atoms with Gasteiger partial charge in [-0.1, -0.05) is 46.5 Å². The Kier molecular flexibility index (Phi) is 12.2. The third kappa shape index (κ3) is 9.07. The van der Waals surface area contributed by atoms with E-state index in [1.54, 1.807) is 0 Å². The molecular weight excluding hydrogens is 237 g/mol. The van der Waals surface area contributed by atoms with E-state index in [1.165, 1.54) is 25.7 Å². The first-order valence-corrected chi connectivity index (χ1v) is 7.80. The van der Waals surface area contributed by atoms with E-state index in [-0.39, 0.29) is 18.9 Å². The van der Waals surface area contributed by atoms with Crippen LogP contribution in [0.5, 0.6) is 0 Å². The van der Waals surface area contributed by atoms with Crippen LogP contribution >= 0.6 is 0 Å². The summed E-state index contributed by atoms with van der Waals surface area (Å²) >= 11 is 0. The van der Waals surface area contributed by atoms with Crippen molar-refractivity contribution in [2.75, 3.05) is 13.2 Å². The van der Waals surface area contributed by atoms with E-state index >= 15 is 0 Å². The number of hydrogen-bond donors (Lipinski definition) is 0. The summed E-state index contributed by atoms with van der Waals surface area (Å²) in [6.45, 7) is 9.79. The highest BCUT2D eigenvalue weighted by Gasteiger charge is 2.30. The Labute approximate surface area is 119 Å². The molecule has 0 rings (SSSR count). The molecular formula is C15H30BNO2. The molecule has 0 amide bonds. The minimum absolute atomic E-state index is 0.0395. The fourth-order valence-electron chi connectivity index (χ4n) is 1.81. The van der Waals surface area contributed by atoms with Gasteiger partial charge in [-0.25, -0.2) is 0 Å². The van der Waals surface area contributed by atoms with Crippen LogP contribution < -0.4 is 0 Å². The van der Waals surface area contributed by atoms with Gasteiger partial charge in [0.1, 0.15) is 0 Å². The number of nitrogens with zero attached hydrogens (tertiary/aromatic N) is 1. The lowest BCUT2D eigenvalue weighted by Gasteiger charge is -2.22. The lowest BCUT2D eigenvalue weighted by Crippen LogP contribution is -2.31. The summed E-state index contributed by atoms with van der Waals surface area (Å²) in [5.41, 5.74) is 0. The van der Waals surface area contributed by atoms with E-state index in [9.17, 15) is 0 Å². The third-order valence-electron chi connectivity index (χ3n) is 3.48. The van der Waals surface area contributed by atoms with Crippen molar-refractivity contribution in [3.8, 4) is 6.07 Å². The van der Waals surface area contributed by atoms with Crippen molar-refractivity contribution in [1.29, 1.82) is 5.26 Å². The molecule has 4 heteroatoms. The van der Waals surface area contributed by atoms with Crippen molar-refractivity contribution >= 4 is 7.12 Å². The largest absolute Gasteiger partial charge is 0.461 e. The molecule has 0 spiro atoms. The van der Waals surface area contributed by atoms with Crippen molar-refractivity contribution in [2.24, 2.45) is 5.92 Å². The van der Waals surface area contributed by atoms with Gasteiger partial charge < -0.3 is 9.31 Å². The lowest BCUT2D eigenvalue weighted by atomic mass is 9.66. The summed E-state index contributed by atoms with van der Waals surface area (Å²) in [7, 11) is -0.233. The van der Waals surface area contributed by atoms with Gasteiger partial charge in [0.2, 0.25) is 0 Å². The maximum Gasteiger partial charge on any atom is 0.461 e. The van der Waals surface area contributed by atoms with E-state index in [1.807, 2.05) is 13.8 Å². The van der Waals surface area contributed by atoms with Crippen molar-refractivity contribution in [2.45, 2.75) is 72.0 Å². The van der Waals surface area contributed by atoms with Gasteiger partial charge in [0.05, 0.1) is 6.07 Å². The Hall–Kier alpha value is -0.525. The summed E-state index contributed by atoms with van der Waals surface area (Å²) in [5, 5.41) is 9.01. The highest BCUT2D eigenvalue weighted by Crippen LogP contribution is 2.22. The van der Waals surface area contributed by atoms with Crippen molar-refractivity contribution < 1.29 is 9.31 Å². The van der Waals surface area contributed by atoms with Crippen LogP contribution in [0, 0.1) is 17.2 Å². The molecule has 3 nitrogen and oxygen atoms in total. The van der Waals surface area contributed by atoms with E-state index < -0.39 is 0 Å². The predicted molar refractivity (Wildman–Crippen MR) is 80.9 cm³/mol. The minimum Gasteiger partial charge on any atom is -0.411 e. The number of nitriles is 1. The zero-order valence-corrected chi connectivity index (χ0v) is 13.2. The predicted octanol–water partition coefficient (Wildman–Crippen LogP) is 4.44. The SMILES string of the molecule is CCCCCOB(OCCCCC)C(C)C(C)C#N.